The zero-order valence-corrected chi connectivity index (χ0v) is 18.0. The summed E-state index contributed by atoms with van der Waals surface area (Å²) in [5.74, 6) is -0.781. The number of carbonyl (C=O) groups is 1. The number of hydrogen-bond acceptors (Lipinski definition) is 6. The van der Waals surface area contributed by atoms with Crippen LogP contribution in [0.4, 0.5) is 0 Å². The average molecular weight is 445 g/mol. The number of likely N-dealkylation sites (N-methyl/N-ethyl adjacent to an activating group) is 1. The smallest absolute Gasteiger partial charge is 0.335 e. The lowest BCUT2D eigenvalue weighted by molar-refractivity contribution is 0.0697. The summed E-state index contributed by atoms with van der Waals surface area (Å²) in [6, 6.07) is 10.0. The average Bonchev–Trinajstić information content (AvgIpc) is 2.75. The Morgan fingerprint density at radius 2 is 1.81 bits per heavy atom. The number of carboxylic acid groups (broad SMARTS) is 1. The first kappa shape index (κ1) is 22.7. The molecule has 2 aromatic carbocycles. The lowest BCUT2D eigenvalue weighted by Gasteiger charge is -2.16. The molecule has 0 aliphatic carbocycles. The summed E-state index contributed by atoms with van der Waals surface area (Å²) in [6.07, 6.45) is 1.14. The predicted molar refractivity (Wildman–Crippen MR) is 116 cm³/mol. The molecule has 0 fully saturated rings. The van der Waals surface area contributed by atoms with Crippen LogP contribution in [-0.2, 0) is 16.4 Å². The number of fused-ring (bicyclic) bond motifs is 1. The van der Waals surface area contributed by atoms with Gasteiger partial charge < -0.3 is 14.6 Å². The van der Waals surface area contributed by atoms with Gasteiger partial charge in [0, 0.05) is 30.8 Å². The van der Waals surface area contributed by atoms with Crippen LogP contribution in [0, 0.1) is 0 Å². The van der Waals surface area contributed by atoms with Gasteiger partial charge in [0.15, 0.2) is 5.43 Å². The summed E-state index contributed by atoms with van der Waals surface area (Å²) in [5.41, 5.74) is 0.933. The molecule has 1 aromatic heterocycles. The van der Waals surface area contributed by atoms with E-state index in [-0.39, 0.29) is 45.8 Å². The fourth-order valence-corrected chi connectivity index (χ4v) is 4.47. The van der Waals surface area contributed by atoms with Gasteiger partial charge in [0.1, 0.15) is 11.3 Å². The third-order valence-corrected chi connectivity index (χ3v) is 6.83. The Morgan fingerprint density at radius 1 is 1.13 bits per heavy atom. The highest BCUT2D eigenvalue weighted by Crippen LogP contribution is 2.29. The van der Waals surface area contributed by atoms with E-state index in [0.717, 1.165) is 4.31 Å². The van der Waals surface area contributed by atoms with E-state index in [0.29, 0.717) is 24.0 Å². The van der Waals surface area contributed by atoms with Crippen LogP contribution in [0.25, 0.3) is 22.3 Å². The Kier molecular flexibility index (Phi) is 6.59. The summed E-state index contributed by atoms with van der Waals surface area (Å²) in [5, 5.41) is 18.4. The van der Waals surface area contributed by atoms with Gasteiger partial charge in [-0.15, -0.1) is 0 Å². The van der Waals surface area contributed by atoms with Crippen LogP contribution in [0.3, 0.4) is 0 Å². The number of aliphatic hydroxyl groups excluding tert-OH is 1. The number of aromatic carboxylic acids is 1. The number of aliphatic hydroxyl groups is 1. The Hall–Kier alpha value is -3.01. The molecule has 9 heteroatoms. The predicted octanol–water partition coefficient (Wildman–Crippen LogP) is 2.72. The number of benzene rings is 2. The van der Waals surface area contributed by atoms with Crippen molar-refractivity contribution in [3.05, 3.63) is 63.8 Å². The van der Waals surface area contributed by atoms with Gasteiger partial charge in [-0.1, -0.05) is 25.5 Å². The molecule has 0 saturated carbocycles. The molecule has 0 amide bonds. The van der Waals surface area contributed by atoms with Crippen molar-refractivity contribution in [1.29, 1.82) is 0 Å². The molecule has 3 rings (SSSR count). The van der Waals surface area contributed by atoms with Crippen molar-refractivity contribution in [1.82, 2.24) is 4.31 Å². The lowest BCUT2D eigenvalue weighted by Crippen LogP contribution is -2.29. The second-order valence-electron chi connectivity index (χ2n) is 7.08. The van der Waals surface area contributed by atoms with Gasteiger partial charge in [0.25, 0.3) is 0 Å². The third-order valence-electron chi connectivity index (χ3n) is 4.98. The Bertz CT molecular complexity index is 1280. The molecule has 1 heterocycles. The Balaban J connectivity index is 2.22. The Morgan fingerprint density at radius 3 is 2.39 bits per heavy atom. The molecule has 0 aliphatic heterocycles. The van der Waals surface area contributed by atoms with Crippen LogP contribution in [0.2, 0.25) is 0 Å². The van der Waals surface area contributed by atoms with E-state index in [1.54, 1.807) is 12.1 Å². The topological polar surface area (TPSA) is 125 Å². The molecule has 0 bridgehead atoms. The first-order chi connectivity index (χ1) is 14.7. The van der Waals surface area contributed by atoms with Crippen LogP contribution in [0.1, 0.15) is 29.3 Å². The minimum Gasteiger partial charge on any atom is -0.478 e. The van der Waals surface area contributed by atoms with Crippen LogP contribution in [-0.4, -0.2) is 49.1 Å². The zero-order valence-electron chi connectivity index (χ0n) is 17.2. The molecule has 0 saturated heterocycles. The number of rotatable bonds is 8. The molecule has 0 spiro atoms. The second kappa shape index (κ2) is 9.01. The highest BCUT2D eigenvalue weighted by molar-refractivity contribution is 7.89. The van der Waals surface area contributed by atoms with Crippen molar-refractivity contribution >= 4 is 27.0 Å². The summed E-state index contributed by atoms with van der Waals surface area (Å²) < 4.78 is 32.5. The summed E-state index contributed by atoms with van der Waals surface area (Å²) >= 11 is 0. The van der Waals surface area contributed by atoms with E-state index in [1.807, 2.05) is 6.92 Å². The van der Waals surface area contributed by atoms with E-state index in [2.05, 4.69) is 0 Å². The molecular formula is C22H23NO7S. The van der Waals surface area contributed by atoms with Gasteiger partial charge in [-0.25, -0.2) is 13.2 Å². The van der Waals surface area contributed by atoms with Crippen LogP contribution < -0.4 is 5.43 Å². The number of nitrogens with zero attached hydrogens (tertiary/aromatic N) is 1. The maximum absolute atomic E-state index is 13.1. The fraction of sp³-hybridized carbons (Fsp3) is 0.273. The van der Waals surface area contributed by atoms with Crippen molar-refractivity contribution in [3.8, 4) is 11.3 Å². The monoisotopic (exact) mass is 445 g/mol. The van der Waals surface area contributed by atoms with Gasteiger partial charge in [-0.2, -0.15) is 4.31 Å². The SMILES string of the molecule is CCCc1c(-c2ccc(C(=O)O)cc2)oc2cc(S(=O)(=O)N(C)CCO)ccc2c1=O. The van der Waals surface area contributed by atoms with Gasteiger partial charge in [0.2, 0.25) is 10.0 Å². The van der Waals surface area contributed by atoms with Crippen molar-refractivity contribution in [3.63, 3.8) is 0 Å². The molecule has 2 N–H and O–H groups in total. The summed E-state index contributed by atoms with van der Waals surface area (Å²) in [7, 11) is -2.52. The number of carboxylic acids is 1. The van der Waals surface area contributed by atoms with E-state index >= 15 is 0 Å². The molecule has 0 radical (unpaired) electrons. The van der Waals surface area contributed by atoms with E-state index in [9.17, 15) is 18.0 Å². The molecular weight excluding hydrogens is 422 g/mol. The molecule has 3 aromatic rings. The number of hydrogen-bond donors (Lipinski definition) is 2. The highest BCUT2D eigenvalue weighted by atomic mass is 32.2. The van der Waals surface area contributed by atoms with Gasteiger partial charge in [-0.05, 0) is 30.7 Å². The first-order valence-corrected chi connectivity index (χ1v) is 11.1. The molecule has 0 unspecified atom stereocenters. The van der Waals surface area contributed by atoms with Crippen LogP contribution in [0.5, 0.6) is 0 Å². The van der Waals surface area contributed by atoms with Crippen molar-refractivity contribution in [2.45, 2.75) is 24.7 Å². The summed E-state index contributed by atoms with van der Waals surface area (Å²) in [6.45, 7) is 1.53. The largest absolute Gasteiger partial charge is 0.478 e. The van der Waals surface area contributed by atoms with Gasteiger partial charge in [-0.3, -0.25) is 4.79 Å². The summed E-state index contributed by atoms with van der Waals surface area (Å²) in [4.78, 5) is 24.2. The highest BCUT2D eigenvalue weighted by Gasteiger charge is 2.23. The minimum absolute atomic E-state index is 0.0606. The molecule has 0 aliphatic rings. The van der Waals surface area contributed by atoms with Crippen molar-refractivity contribution in [2.75, 3.05) is 20.2 Å². The third kappa shape index (κ3) is 4.39. The maximum atomic E-state index is 13.1. The van der Waals surface area contributed by atoms with E-state index < -0.39 is 16.0 Å². The van der Waals surface area contributed by atoms with Crippen molar-refractivity contribution in [2.24, 2.45) is 0 Å². The standard InChI is InChI=1S/C22H23NO7S/c1-3-4-18-20(25)17-10-9-16(31(28,29)23(2)11-12-24)13-19(17)30-21(18)14-5-7-15(8-6-14)22(26)27/h5-10,13,24H,3-4,11-12H2,1-2H3,(H,26,27). The number of sulfonamides is 1. The zero-order chi connectivity index (χ0) is 22.8. The Labute approximate surface area is 179 Å². The molecule has 164 valence electrons. The normalized spacial score (nSPS) is 11.9. The fourth-order valence-electron chi connectivity index (χ4n) is 3.29. The maximum Gasteiger partial charge on any atom is 0.335 e. The lowest BCUT2D eigenvalue weighted by atomic mass is 10.0. The minimum atomic E-state index is -3.87. The van der Waals surface area contributed by atoms with Crippen molar-refractivity contribution < 1.29 is 27.8 Å². The van der Waals surface area contributed by atoms with Gasteiger partial charge >= 0.3 is 5.97 Å². The van der Waals surface area contributed by atoms with Crippen LogP contribution in [0.15, 0.2) is 56.6 Å². The van der Waals surface area contributed by atoms with Gasteiger partial charge in [0.05, 0.1) is 22.5 Å². The second-order valence-corrected chi connectivity index (χ2v) is 9.12. The van der Waals surface area contributed by atoms with E-state index in [1.165, 1.54) is 37.4 Å². The quantitative estimate of drug-likeness (QED) is 0.546. The molecule has 31 heavy (non-hydrogen) atoms. The molecule has 0 atom stereocenters. The first-order valence-electron chi connectivity index (χ1n) is 9.71. The van der Waals surface area contributed by atoms with Crippen LogP contribution >= 0.6 is 0 Å². The molecule has 8 nitrogen and oxygen atoms in total. The van der Waals surface area contributed by atoms with E-state index in [4.69, 9.17) is 14.6 Å².